The summed E-state index contributed by atoms with van der Waals surface area (Å²) in [4.78, 5) is 27.3. The minimum absolute atomic E-state index is 0.0249. The van der Waals surface area contributed by atoms with Crippen molar-refractivity contribution in [3.05, 3.63) is 59.2 Å². The first-order valence-corrected chi connectivity index (χ1v) is 8.26. The fourth-order valence-corrected chi connectivity index (χ4v) is 3.73. The predicted octanol–water partition coefficient (Wildman–Crippen LogP) is 3.91. The van der Waals surface area contributed by atoms with E-state index in [9.17, 15) is 9.59 Å². The standard InChI is InChI=1S/C20H19NO2/c1-13-6-4-5-11-21(13)20(23)14-9-10-16-15-7-2-3-8-17(15)19(22)18(16)12-14/h2-3,7-10,12-13H,4-6,11H2,1H3/t13-/m0/s1. The summed E-state index contributed by atoms with van der Waals surface area (Å²) < 4.78 is 0. The van der Waals surface area contributed by atoms with Crippen molar-refractivity contribution in [2.45, 2.75) is 32.2 Å². The molecule has 2 aliphatic rings. The third-order valence-electron chi connectivity index (χ3n) is 5.04. The van der Waals surface area contributed by atoms with E-state index in [1.54, 1.807) is 6.07 Å². The van der Waals surface area contributed by atoms with Gasteiger partial charge >= 0.3 is 0 Å². The quantitative estimate of drug-likeness (QED) is 0.683. The molecule has 4 rings (SSSR count). The zero-order valence-electron chi connectivity index (χ0n) is 13.2. The molecule has 0 N–H and O–H groups in total. The topological polar surface area (TPSA) is 37.4 Å². The summed E-state index contributed by atoms with van der Waals surface area (Å²) in [5, 5.41) is 0. The van der Waals surface area contributed by atoms with Gasteiger partial charge in [-0.1, -0.05) is 30.3 Å². The molecule has 1 atom stereocenters. The summed E-state index contributed by atoms with van der Waals surface area (Å²) in [5.41, 5.74) is 3.92. The number of benzene rings is 2. The van der Waals surface area contributed by atoms with Gasteiger partial charge in [-0.05, 0) is 49.4 Å². The molecule has 0 unspecified atom stereocenters. The van der Waals surface area contributed by atoms with Gasteiger partial charge in [-0.2, -0.15) is 0 Å². The molecule has 0 spiro atoms. The number of amides is 1. The third kappa shape index (κ3) is 2.19. The first kappa shape index (κ1) is 14.2. The average Bonchev–Trinajstić information content (AvgIpc) is 2.88. The predicted molar refractivity (Wildman–Crippen MR) is 89.7 cm³/mol. The van der Waals surface area contributed by atoms with Gasteiger partial charge in [0.15, 0.2) is 5.78 Å². The molecular weight excluding hydrogens is 286 g/mol. The SMILES string of the molecule is C[C@H]1CCCCN1C(=O)c1ccc2c(c1)C(=O)c1ccccc1-2. The van der Waals surface area contributed by atoms with Crippen LogP contribution < -0.4 is 0 Å². The van der Waals surface area contributed by atoms with Crippen LogP contribution in [0.4, 0.5) is 0 Å². The first-order valence-electron chi connectivity index (χ1n) is 8.26. The molecule has 1 saturated heterocycles. The van der Waals surface area contributed by atoms with Crippen molar-refractivity contribution in [2.75, 3.05) is 6.54 Å². The van der Waals surface area contributed by atoms with Crippen LogP contribution >= 0.6 is 0 Å². The fourth-order valence-electron chi connectivity index (χ4n) is 3.73. The summed E-state index contributed by atoms with van der Waals surface area (Å²) in [6, 6.07) is 13.5. The van der Waals surface area contributed by atoms with Crippen LogP contribution in [0.2, 0.25) is 0 Å². The number of piperidine rings is 1. The molecule has 0 saturated carbocycles. The molecule has 2 aromatic rings. The van der Waals surface area contributed by atoms with E-state index in [0.717, 1.165) is 36.1 Å². The maximum absolute atomic E-state index is 12.8. The Balaban J connectivity index is 1.71. The minimum atomic E-state index is 0.0249. The summed E-state index contributed by atoms with van der Waals surface area (Å²) in [6.45, 7) is 2.91. The van der Waals surface area contributed by atoms with Crippen LogP contribution in [-0.4, -0.2) is 29.2 Å². The van der Waals surface area contributed by atoms with E-state index in [4.69, 9.17) is 0 Å². The molecular formula is C20H19NO2. The number of rotatable bonds is 1. The monoisotopic (exact) mass is 305 g/mol. The van der Waals surface area contributed by atoms with E-state index in [-0.39, 0.29) is 17.7 Å². The largest absolute Gasteiger partial charge is 0.336 e. The average molecular weight is 305 g/mol. The molecule has 1 amide bonds. The Kier molecular flexibility index (Phi) is 3.29. The Labute approximate surface area is 135 Å². The second-order valence-electron chi connectivity index (χ2n) is 6.48. The van der Waals surface area contributed by atoms with Crippen LogP contribution in [0.5, 0.6) is 0 Å². The Hall–Kier alpha value is -2.42. The summed E-state index contributed by atoms with van der Waals surface area (Å²) in [7, 11) is 0. The summed E-state index contributed by atoms with van der Waals surface area (Å²) >= 11 is 0. The van der Waals surface area contributed by atoms with Gasteiger partial charge in [0, 0.05) is 29.3 Å². The van der Waals surface area contributed by atoms with Crippen molar-refractivity contribution < 1.29 is 9.59 Å². The van der Waals surface area contributed by atoms with Crippen molar-refractivity contribution >= 4 is 11.7 Å². The van der Waals surface area contributed by atoms with Gasteiger partial charge in [-0.25, -0.2) is 0 Å². The molecule has 23 heavy (non-hydrogen) atoms. The first-order chi connectivity index (χ1) is 11.2. The van der Waals surface area contributed by atoms with E-state index in [1.165, 1.54) is 6.42 Å². The molecule has 1 heterocycles. The normalized spacial score (nSPS) is 19.4. The van der Waals surface area contributed by atoms with Crippen LogP contribution in [0.25, 0.3) is 11.1 Å². The molecule has 1 fully saturated rings. The van der Waals surface area contributed by atoms with Crippen molar-refractivity contribution in [3.63, 3.8) is 0 Å². The second-order valence-corrected chi connectivity index (χ2v) is 6.48. The van der Waals surface area contributed by atoms with Crippen LogP contribution in [0.15, 0.2) is 42.5 Å². The van der Waals surface area contributed by atoms with E-state index < -0.39 is 0 Å². The Morgan fingerprint density at radius 2 is 1.74 bits per heavy atom. The zero-order chi connectivity index (χ0) is 16.0. The van der Waals surface area contributed by atoms with Gasteiger partial charge in [-0.3, -0.25) is 9.59 Å². The molecule has 0 radical (unpaired) electrons. The fraction of sp³-hybridized carbons (Fsp3) is 0.300. The van der Waals surface area contributed by atoms with Gasteiger partial charge in [0.25, 0.3) is 5.91 Å². The highest BCUT2D eigenvalue weighted by Gasteiger charge is 2.29. The Morgan fingerprint density at radius 1 is 1.00 bits per heavy atom. The lowest BCUT2D eigenvalue weighted by atomic mass is 9.99. The van der Waals surface area contributed by atoms with Gasteiger partial charge in [0.05, 0.1) is 0 Å². The number of likely N-dealkylation sites (tertiary alicyclic amines) is 1. The van der Waals surface area contributed by atoms with E-state index in [0.29, 0.717) is 11.1 Å². The number of ketones is 1. The molecule has 3 nitrogen and oxygen atoms in total. The van der Waals surface area contributed by atoms with E-state index in [2.05, 4.69) is 6.92 Å². The Bertz CT molecular complexity index is 809. The van der Waals surface area contributed by atoms with Crippen molar-refractivity contribution in [1.29, 1.82) is 0 Å². The highest BCUT2D eigenvalue weighted by Crippen LogP contribution is 2.37. The maximum Gasteiger partial charge on any atom is 0.254 e. The number of hydrogen-bond acceptors (Lipinski definition) is 2. The van der Waals surface area contributed by atoms with E-state index in [1.807, 2.05) is 41.3 Å². The molecule has 116 valence electrons. The van der Waals surface area contributed by atoms with Crippen molar-refractivity contribution in [1.82, 2.24) is 4.90 Å². The van der Waals surface area contributed by atoms with Gasteiger partial charge < -0.3 is 4.90 Å². The number of nitrogens with zero attached hydrogens (tertiary/aromatic N) is 1. The summed E-state index contributed by atoms with van der Waals surface area (Å²) in [6.07, 6.45) is 3.30. The number of fused-ring (bicyclic) bond motifs is 3. The Morgan fingerprint density at radius 3 is 2.52 bits per heavy atom. The van der Waals surface area contributed by atoms with Crippen LogP contribution in [0.1, 0.15) is 52.5 Å². The molecule has 1 aliphatic carbocycles. The molecule has 0 bridgehead atoms. The highest BCUT2D eigenvalue weighted by molar-refractivity contribution is 6.22. The van der Waals surface area contributed by atoms with Crippen molar-refractivity contribution in [2.24, 2.45) is 0 Å². The van der Waals surface area contributed by atoms with Gasteiger partial charge in [0.2, 0.25) is 0 Å². The lowest BCUT2D eigenvalue weighted by Crippen LogP contribution is -2.42. The minimum Gasteiger partial charge on any atom is -0.336 e. The molecule has 0 aromatic heterocycles. The van der Waals surface area contributed by atoms with Crippen LogP contribution in [-0.2, 0) is 0 Å². The number of hydrogen-bond donors (Lipinski definition) is 0. The van der Waals surface area contributed by atoms with Crippen LogP contribution in [0.3, 0.4) is 0 Å². The number of carbonyl (C=O) groups excluding carboxylic acids is 2. The number of carbonyl (C=O) groups is 2. The second kappa shape index (κ2) is 5.34. The zero-order valence-corrected chi connectivity index (χ0v) is 13.2. The van der Waals surface area contributed by atoms with Gasteiger partial charge in [0.1, 0.15) is 0 Å². The van der Waals surface area contributed by atoms with Crippen LogP contribution in [0, 0.1) is 0 Å². The smallest absolute Gasteiger partial charge is 0.254 e. The van der Waals surface area contributed by atoms with Gasteiger partial charge in [-0.15, -0.1) is 0 Å². The molecule has 3 heteroatoms. The molecule has 1 aliphatic heterocycles. The van der Waals surface area contributed by atoms with Crippen molar-refractivity contribution in [3.8, 4) is 11.1 Å². The maximum atomic E-state index is 12.8. The lowest BCUT2D eigenvalue weighted by molar-refractivity contribution is 0.0635. The summed E-state index contributed by atoms with van der Waals surface area (Å²) in [5.74, 6) is 0.0701. The lowest BCUT2D eigenvalue weighted by Gasteiger charge is -2.33. The van der Waals surface area contributed by atoms with E-state index >= 15 is 0 Å². The highest BCUT2D eigenvalue weighted by atomic mass is 16.2. The molecule has 2 aromatic carbocycles. The third-order valence-corrected chi connectivity index (χ3v) is 5.04.